The molecule has 0 radical (unpaired) electrons. The van der Waals surface area contributed by atoms with Gasteiger partial charge < -0.3 is 14.8 Å². The summed E-state index contributed by atoms with van der Waals surface area (Å²) in [6.45, 7) is 3.21. The first-order valence-corrected chi connectivity index (χ1v) is 8.47. The lowest BCUT2D eigenvalue weighted by molar-refractivity contribution is 0.0954. The van der Waals surface area contributed by atoms with E-state index < -0.39 is 0 Å². The van der Waals surface area contributed by atoms with E-state index in [9.17, 15) is 4.79 Å². The molecule has 26 heavy (non-hydrogen) atoms. The highest BCUT2D eigenvalue weighted by atomic mass is 16.5. The fourth-order valence-electron chi connectivity index (χ4n) is 2.50. The van der Waals surface area contributed by atoms with E-state index in [1.807, 2.05) is 18.2 Å². The highest BCUT2D eigenvalue weighted by Gasteiger charge is 2.09. The van der Waals surface area contributed by atoms with Gasteiger partial charge in [0, 0.05) is 18.3 Å². The monoisotopic (exact) mass is 355 g/mol. The van der Waals surface area contributed by atoms with Gasteiger partial charge in [-0.15, -0.1) is 5.10 Å². The number of tetrazole rings is 1. The van der Waals surface area contributed by atoms with Gasteiger partial charge in [-0.3, -0.25) is 4.79 Å². The number of carbonyl (C=O) groups is 1. The van der Waals surface area contributed by atoms with Crippen LogP contribution in [0.25, 0.3) is 5.65 Å². The van der Waals surface area contributed by atoms with Crippen molar-refractivity contribution < 1.29 is 14.3 Å². The topological polar surface area (TPSA) is 90.6 Å². The van der Waals surface area contributed by atoms with Crippen molar-refractivity contribution in [3.8, 4) is 11.5 Å². The van der Waals surface area contributed by atoms with Gasteiger partial charge in [-0.1, -0.05) is 13.0 Å². The molecule has 0 atom stereocenters. The molecule has 0 spiro atoms. The zero-order chi connectivity index (χ0) is 18.4. The molecule has 0 saturated heterocycles. The maximum atomic E-state index is 12.3. The average molecular weight is 355 g/mol. The van der Waals surface area contributed by atoms with Crippen LogP contribution in [0.3, 0.4) is 0 Å². The highest BCUT2D eigenvalue weighted by molar-refractivity contribution is 5.94. The van der Waals surface area contributed by atoms with Crippen LogP contribution in [0, 0.1) is 0 Å². The minimum absolute atomic E-state index is 0.162. The number of hydrogen-bond acceptors (Lipinski definition) is 6. The lowest BCUT2D eigenvalue weighted by Gasteiger charge is -2.12. The Morgan fingerprint density at radius 3 is 2.92 bits per heavy atom. The normalized spacial score (nSPS) is 10.7. The molecule has 3 aromatic rings. The largest absolute Gasteiger partial charge is 0.493 e. The second-order valence-corrected chi connectivity index (χ2v) is 5.74. The first-order valence-electron chi connectivity index (χ1n) is 8.47. The van der Waals surface area contributed by atoms with Gasteiger partial charge in [0.1, 0.15) is 0 Å². The molecular weight excluding hydrogens is 334 g/mol. The number of amides is 1. The van der Waals surface area contributed by atoms with E-state index in [1.54, 1.807) is 25.4 Å². The van der Waals surface area contributed by atoms with Crippen molar-refractivity contribution in [2.24, 2.45) is 0 Å². The number of rotatable bonds is 8. The van der Waals surface area contributed by atoms with Crippen LogP contribution in [0.4, 0.5) is 0 Å². The van der Waals surface area contributed by atoms with E-state index in [2.05, 4.69) is 27.8 Å². The van der Waals surface area contributed by atoms with Crippen LogP contribution in [-0.4, -0.2) is 46.2 Å². The first kappa shape index (κ1) is 17.7. The molecule has 0 aliphatic heterocycles. The van der Waals surface area contributed by atoms with Crippen LogP contribution in [0.5, 0.6) is 11.5 Å². The van der Waals surface area contributed by atoms with Crippen molar-refractivity contribution in [2.75, 3.05) is 20.3 Å². The third-order valence-corrected chi connectivity index (χ3v) is 3.85. The number of aromatic nitrogens is 4. The summed E-state index contributed by atoms with van der Waals surface area (Å²) in [5, 5.41) is 14.1. The maximum absolute atomic E-state index is 12.3. The average Bonchev–Trinajstić information content (AvgIpc) is 3.14. The molecular formula is C18H21N5O3. The summed E-state index contributed by atoms with van der Waals surface area (Å²) in [7, 11) is 1.62. The summed E-state index contributed by atoms with van der Waals surface area (Å²) < 4.78 is 12.5. The van der Waals surface area contributed by atoms with Gasteiger partial charge in [0.2, 0.25) is 0 Å². The summed E-state index contributed by atoms with van der Waals surface area (Å²) >= 11 is 0. The van der Waals surface area contributed by atoms with Gasteiger partial charge in [0.25, 0.3) is 5.91 Å². The Morgan fingerprint density at radius 2 is 2.12 bits per heavy atom. The molecule has 0 saturated carbocycles. The molecule has 3 rings (SSSR count). The van der Waals surface area contributed by atoms with Gasteiger partial charge in [0.05, 0.1) is 13.7 Å². The van der Waals surface area contributed by atoms with Crippen LogP contribution in [0.1, 0.15) is 29.3 Å². The third kappa shape index (κ3) is 4.08. The number of nitrogens with zero attached hydrogens (tertiary/aromatic N) is 4. The highest BCUT2D eigenvalue weighted by Crippen LogP contribution is 2.28. The minimum atomic E-state index is -0.162. The lowest BCUT2D eigenvalue weighted by atomic mass is 10.1. The fraction of sp³-hybridized carbons (Fsp3) is 0.333. The maximum Gasteiger partial charge on any atom is 0.251 e. The molecule has 8 nitrogen and oxygen atoms in total. The van der Waals surface area contributed by atoms with Crippen molar-refractivity contribution in [3.05, 3.63) is 47.7 Å². The number of fused-ring (bicyclic) bond motifs is 1. The number of ether oxygens (including phenoxy) is 2. The van der Waals surface area contributed by atoms with E-state index in [4.69, 9.17) is 9.47 Å². The second-order valence-electron chi connectivity index (χ2n) is 5.74. The molecule has 1 N–H and O–H groups in total. The summed E-state index contributed by atoms with van der Waals surface area (Å²) in [6, 6.07) is 9.15. The van der Waals surface area contributed by atoms with Gasteiger partial charge in [-0.2, -0.15) is 0 Å². The molecule has 136 valence electrons. The Hall–Kier alpha value is -3.16. The fourth-order valence-corrected chi connectivity index (χ4v) is 2.50. The molecule has 0 unspecified atom stereocenters. The predicted molar refractivity (Wildman–Crippen MR) is 95.6 cm³/mol. The van der Waals surface area contributed by atoms with Crippen LogP contribution in [-0.2, 0) is 6.42 Å². The molecule has 0 aliphatic rings. The quantitative estimate of drug-likeness (QED) is 0.664. The van der Waals surface area contributed by atoms with Gasteiger partial charge in [-0.05, 0) is 53.1 Å². The number of hydrogen-bond donors (Lipinski definition) is 1. The number of benzene rings is 1. The molecule has 1 aromatic carbocycles. The number of nitrogens with one attached hydrogen (secondary N) is 1. The van der Waals surface area contributed by atoms with E-state index in [0.717, 1.165) is 17.7 Å². The Labute approximate surface area is 151 Å². The third-order valence-electron chi connectivity index (χ3n) is 3.85. The zero-order valence-electron chi connectivity index (χ0n) is 14.8. The van der Waals surface area contributed by atoms with Crippen LogP contribution in [0.15, 0.2) is 36.5 Å². The van der Waals surface area contributed by atoms with Crippen molar-refractivity contribution in [1.82, 2.24) is 25.4 Å². The van der Waals surface area contributed by atoms with E-state index in [-0.39, 0.29) is 5.91 Å². The molecule has 0 bridgehead atoms. The van der Waals surface area contributed by atoms with Crippen LogP contribution in [0.2, 0.25) is 0 Å². The van der Waals surface area contributed by atoms with E-state index in [1.165, 1.54) is 4.52 Å². The minimum Gasteiger partial charge on any atom is -0.493 e. The van der Waals surface area contributed by atoms with Gasteiger partial charge in [-0.25, -0.2) is 4.52 Å². The van der Waals surface area contributed by atoms with E-state index >= 15 is 0 Å². The van der Waals surface area contributed by atoms with Gasteiger partial charge >= 0.3 is 0 Å². The number of carbonyl (C=O) groups excluding carboxylic acids is 1. The standard InChI is InChI=1S/C18H21N5O3/c1-3-10-26-15-5-4-13(11-16(15)25-2)6-8-19-18(24)14-7-9-23-17(12-14)20-21-22-23/h4-5,7,9,11-12H,3,6,8,10H2,1-2H3,(H,19,24). The van der Waals surface area contributed by atoms with Crippen molar-refractivity contribution in [3.63, 3.8) is 0 Å². The first-order chi connectivity index (χ1) is 12.7. The number of pyridine rings is 1. The van der Waals surface area contributed by atoms with Crippen LogP contribution < -0.4 is 14.8 Å². The Balaban J connectivity index is 1.57. The molecule has 0 fully saturated rings. The molecule has 8 heteroatoms. The Morgan fingerprint density at radius 1 is 1.23 bits per heavy atom. The summed E-state index contributed by atoms with van der Waals surface area (Å²) in [6.07, 6.45) is 3.28. The van der Waals surface area contributed by atoms with Gasteiger partial charge in [0.15, 0.2) is 17.1 Å². The zero-order valence-corrected chi connectivity index (χ0v) is 14.8. The lowest BCUT2D eigenvalue weighted by Crippen LogP contribution is -2.25. The summed E-state index contributed by atoms with van der Waals surface area (Å²) in [4.78, 5) is 12.3. The van der Waals surface area contributed by atoms with Crippen molar-refractivity contribution in [2.45, 2.75) is 19.8 Å². The van der Waals surface area contributed by atoms with E-state index in [0.29, 0.717) is 36.5 Å². The van der Waals surface area contributed by atoms with Crippen LogP contribution >= 0.6 is 0 Å². The Bertz CT molecular complexity index is 893. The van der Waals surface area contributed by atoms with Crippen molar-refractivity contribution >= 4 is 11.6 Å². The molecule has 2 heterocycles. The number of methoxy groups -OCH3 is 1. The summed E-state index contributed by atoms with van der Waals surface area (Å²) in [5.41, 5.74) is 2.11. The summed E-state index contributed by atoms with van der Waals surface area (Å²) in [5.74, 6) is 1.27. The molecule has 2 aromatic heterocycles. The second kappa shape index (κ2) is 8.28. The predicted octanol–water partition coefficient (Wildman–Crippen LogP) is 1.89. The smallest absolute Gasteiger partial charge is 0.251 e. The molecule has 1 amide bonds. The molecule has 0 aliphatic carbocycles. The Kier molecular flexibility index (Phi) is 5.62. The SMILES string of the molecule is CCCOc1ccc(CCNC(=O)c2ccn3nnnc3c2)cc1OC. The van der Waals surface area contributed by atoms with Crippen molar-refractivity contribution in [1.29, 1.82) is 0 Å².